The number of hydrogen-bond acceptors (Lipinski definition) is 4. The summed E-state index contributed by atoms with van der Waals surface area (Å²) >= 11 is 0. The summed E-state index contributed by atoms with van der Waals surface area (Å²) in [4.78, 5) is 28.9. The molecule has 0 aliphatic carbocycles. The number of H-pyrrole nitrogens is 1. The number of fused-ring (bicyclic) bond motifs is 1. The topological polar surface area (TPSA) is 72.1 Å². The molecule has 0 fully saturated rings. The fourth-order valence-corrected chi connectivity index (χ4v) is 1.40. The SMILES string of the molecule is COC(=O)c1cc(C=O)c2nc[nH]c2c1. The summed E-state index contributed by atoms with van der Waals surface area (Å²) in [6.07, 6.45) is 2.13. The zero-order valence-corrected chi connectivity index (χ0v) is 7.98. The molecule has 0 amide bonds. The third-order valence-electron chi connectivity index (χ3n) is 2.10. The molecular formula is C10H8N2O3. The first-order valence-electron chi connectivity index (χ1n) is 4.27. The van der Waals surface area contributed by atoms with Crippen LogP contribution in [-0.4, -0.2) is 29.3 Å². The van der Waals surface area contributed by atoms with Crippen LogP contribution >= 0.6 is 0 Å². The second-order valence-corrected chi connectivity index (χ2v) is 2.97. The van der Waals surface area contributed by atoms with Gasteiger partial charge in [0.05, 0.1) is 30.0 Å². The highest BCUT2D eigenvalue weighted by atomic mass is 16.5. The van der Waals surface area contributed by atoms with Gasteiger partial charge in [-0.2, -0.15) is 0 Å². The molecule has 0 saturated heterocycles. The summed E-state index contributed by atoms with van der Waals surface area (Å²) in [6.45, 7) is 0. The highest BCUT2D eigenvalue weighted by Crippen LogP contribution is 2.16. The Balaban J connectivity index is 2.68. The zero-order valence-electron chi connectivity index (χ0n) is 7.98. The third-order valence-corrected chi connectivity index (χ3v) is 2.10. The van der Waals surface area contributed by atoms with Gasteiger partial charge in [-0.3, -0.25) is 4.79 Å². The fourth-order valence-electron chi connectivity index (χ4n) is 1.40. The van der Waals surface area contributed by atoms with Crippen molar-refractivity contribution in [3.63, 3.8) is 0 Å². The lowest BCUT2D eigenvalue weighted by Crippen LogP contribution is -2.02. The monoisotopic (exact) mass is 204 g/mol. The molecule has 0 atom stereocenters. The van der Waals surface area contributed by atoms with Crippen molar-refractivity contribution in [1.29, 1.82) is 0 Å². The number of imidazole rings is 1. The van der Waals surface area contributed by atoms with Crippen LogP contribution in [0.1, 0.15) is 20.7 Å². The van der Waals surface area contributed by atoms with E-state index in [1.54, 1.807) is 6.07 Å². The van der Waals surface area contributed by atoms with Crippen LogP contribution in [0.4, 0.5) is 0 Å². The Morgan fingerprint density at radius 1 is 1.53 bits per heavy atom. The Hall–Kier alpha value is -2.17. The zero-order chi connectivity index (χ0) is 10.8. The van der Waals surface area contributed by atoms with E-state index < -0.39 is 5.97 Å². The maximum absolute atomic E-state index is 11.3. The number of nitrogens with zero attached hydrogens (tertiary/aromatic N) is 1. The van der Waals surface area contributed by atoms with Gasteiger partial charge in [0, 0.05) is 5.56 Å². The van der Waals surface area contributed by atoms with Gasteiger partial charge in [0.25, 0.3) is 0 Å². The van der Waals surface area contributed by atoms with Gasteiger partial charge in [0.1, 0.15) is 0 Å². The van der Waals surface area contributed by atoms with Crippen LogP contribution in [0.2, 0.25) is 0 Å². The van der Waals surface area contributed by atoms with Crippen LogP contribution in [0, 0.1) is 0 Å². The smallest absolute Gasteiger partial charge is 0.337 e. The number of hydrogen-bond donors (Lipinski definition) is 1. The normalized spacial score (nSPS) is 10.2. The van der Waals surface area contributed by atoms with E-state index >= 15 is 0 Å². The number of benzene rings is 1. The molecule has 1 N–H and O–H groups in total. The van der Waals surface area contributed by atoms with E-state index in [0.29, 0.717) is 28.4 Å². The van der Waals surface area contributed by atoms with E-state index in [1.807, 2.05) is 0 Å². The lowest BCUT2D eigenvalue weighted by molar-refractivity contribution is 0.0601. The molecule has 0 radical (unpaired) electrons. The molecule has 0 spiro atoms. The second kappa shape index (κ2) is 3.53. The Kier molecular flexibility index (Phi) is 2.21. The lowest BCUT2D eigenvalue weighted by atomic mass is 10.1. The van der Waals surface area contributed by atoms with Gasteiger partial charge in [-0.05, 0) is 12.1 Å². The van der Waals surface area contributed by atoms with E-state index in [-0.39, 0.29) is 0 Å². The van der Waals surface area contributed by atoms with Gasteiger partial charge in [-0.15, -0.1) is 0 Å². The molecule has 1 aromatic heterocycles. The van der Waals surface area contributed by atoms with Gasteiger partial charge in [0.15, 0.2) is 6.29 Å². The second-order valence-electron chi connectivity index (χ2n) is 2.97. The summed E-state index contributed by atoms with van der Waals surface area (Å²) in [7, 11) is 1.29. The molecule has 5 nitrogen and oxygen atoms in total. The maximum Gasteiger partial charge on any atom is 0.337 e. The Morgan fingerprint density at radius 3 is 3.00 bits per heavy atom. The summed E-state index contributed by atoms with van der Waals surface area (Å²) in [6, 6.07) is 3.06. The summed E-state index contributed by atoms with van der Waals surface area (Å²) in [5.74, 6) is -0.477. The van der Waals surface area contributed by atoms with Crippen molar-refractivity contribution in [2.24, 2.45) is 0 Å². The van der Waals surface area contributed by atoms with Crippen molar-refractivity contribution in [1.82, 2.24) is 9.97 Å². The average molecular weight is 204 g/mol. The molecule has 1 aromatic carbocycles. The number of carbonyl (C=O) groups is 2. The highest BCUT2D eigenvalue weighted by Gasteiger charge is 2.11. The van der Waals surface area contributed by atoms with Crippen LogP contribution in [0.3, 0.4) is 0 Å². The lowest BCUT2D eigenvalue weighted by Gasteiger charge is -2.00. The molecule has 5 heteroatoms. The Morgan fingerprint density at radius 2 is 2.33 bits per heavy atom. The fraction of sp³-hybridized carbons (Fsp3) is 0.100. The Labute approximate surface area is 85.1 Å². The molecule has 1 heterocycles. The molecule has 2 aromatic rings. The van der Waals surface area contributed by atoms with Gasteiger partial charge < -0.3 is 9.72 Å². The molecule has 0 unspecified atom stereocenters. The first kappa shape index (κ1) is 9.39. The maximum atomic E-state index is 11.3. The third kappa shape index (κ3) is 1.48. The van der Waals surface area contributed by atoms with E-state index in [4.69, 9.17) is 0 Å². The van der Waals surface area contributed by atoms with Gasteiger partial charge in [0.2, 0.25) is 0 Å². The number of aromatic nitrogens is 2. The van der Waals surface area contributed by atoms with Gasteiger partial charge in [-0.1, -0.05) is 0 Å². The first-order chi connectivity index (χ1) is 7.26. The predicted octanol–water partition coefficient (Wildman–Crippen LogP) is 1.16. The minimum Gasteiger partial charge on any atom is -0.465 e. The molecule has 0 saturated carbocycles. The Bertz CT molecular complexity index is 530. The number of nitrogens with one attached hydrogen (secondary N) is 1. The molecule has 76 valence electrons. The van der Waals surface area contributed by atoms with Gasteiger partial charge >= 0.3 is 5.97 Å². The van der Waals surface area contributed by atoms with Crippen molar-refractivity contribution in [3.8, 4) is 0 Å². The van der Waals surface area contributed by atoms with E-state index in [9.17, 15) is 9.59 Å². The number of aldehydes is 1. The van der Waals surface area contributed by atoms with Crippen molar-refractivity contribution in [2.75, 3.05) is 7.11 Å². The van der Waals surface area contributed by atoms with E-state index in [1.165, 1.54) is 19.5 Å². The number of rotatable bonds is 2. The minimum atomic E-state index is -0.477. The largest absolute Gasteiger partial charge is 0.465 e. The first-order valence-corrected chi connectivity index (χ1v) is 4.27. The van der Waals surface area contributed by atoms with Gasteiger partial charge in [-0.25, -0.2) is 9.78 Å². The number of carbonyl (C=O) groups excluding carboxylic acids is 2. The summed E-state index contributed by atoms with van der Waals surface area (Å²) < 4.78 is 4.57. The minimum absolute atomic E-state index is 0.330. The number of methoxy groups -OCH3 is 1. The summed E-state index contributed by atoms with van der Waals surface area (Å²) in [5, 5.41) is 0. The van der Waals surface area contributed by atoms with Crippen LogP contribution < -0.4 is 0 Å². The molecule has 0 aliphatic rings. The number of esters is 1. The molecule has 15 heavy (non-hydrogen) atoms. The quantitative estimate of drug-likeness (QED) is 0.588. The van der Waals surface area contributed by atoms with Crippen molar-refractivity contribution in [2.45, 2.75) is 0 Å². The predicted molar refractivity (Wildman–Crippen MR) is 52.8 cm³/mol. The van der Waals surface area contributed by atoms with E-state index in [0.717, 1.165) is 0 Å². The van der Waals surface area contributed by atoms with Crippen molar-refractivity contribution in [3.05, 3.63) is 29.6 Å². The standard InChI is InChI=1S/C10H8N2O3/c1-15-10(14)6-2-7(4-13)9-8(3-6)11-5-12-9/h2-5H,1H3,(H,11,12). The molecule has 2 rings (SSSR count). The van der Waals surface area contributed by atoms with Crippen LogP contribution in [0.5, 0.6) is 0 Å². The molecule has 0 aliphatic heterocycles. The van der Waals surface area contributed by atoms with E-state index in [2.05, 4.69) is 14.7 Å². The molecule has 0 bridgehead atoms. The number of aromatic amines is 1. The van der Waals surface area contributed by atoms with Crippen molar-refractivity contribution < 1.29 is 14.3 Å². The number of ether oxygens (including phenoxy) is 1. The molecular weight excluding hydrogens is 196 g/mol. The van der Waals surface area contributed by atoms with Crippen LogP contribution in [0.15, 0.2) is 18.5 Å². The average Bonchev–Trinajstić information content (AvgIpc) is 2.74. The van der Waals surface area contributed by atoms with Crippen LogP contribution in [0.25, 0.3) is 11.0 Å². The van der Waals surface area contributed by atoms with Crippen LogP contribution in [-0.2, 0) is 4.74 Å². The highest BCUT2D eigenvalue weighted by molar-refractivity contribution is 6.00. The van der Waals surface area contributed by atoms with Crippen molar-refractivity contribution >= 4 is 23.3 Å². The summed E-state index contributed by atoms with van der Waals surface area (Å²) in [5.41, 5.74) is 1.89.